The van der Waals surface area contributed by atoms with Gasteiger partial charge >= 0.3 is 10.1 Å². The summed E-state index contributed by atoms with van der Waals surface area (Å²) in [4.78, 5) is 18.4. The second-order valence-corrected chi connectivity index (χ2v) is 10.6. The fourth-order valence-corrected chi connectivity index (χ4v) is 5.92. The summed E-state index contributed by atoms with van der Waals surface area (Å²) in [6.07, 6.45) is 6.36. The summed E-state index contributed by atoms with van der Waals surface area (Å²) in [7, 11) is -4.05. The minimum atomic E-state index is -4.05. The lowest BCUT2D eigenvalue weighted by atomic mass is 9.90. The van der Waals surface area contributed by atoms with Gasteiger partial charge in [0.15, 0.2) is 4.96 Å². The summed E-state index contributed by atoms with van der Waals surface area (Å²) >= 11 is 1.43. The van der Waals surface area contributed by atoms with Crippen molar-refractivity contribution in [2.24, 2.45) is 0 Å². The first-order chi connectivity index (χ1) is 13.8. The summed E-state index contributed by atoms with van der Waals surface area (Å²) in [5.41, 5.74) is 0.883. The Bertz CT molecular complexity index is 1240. The third-order valence-corrected chi connectivity index (χ3v) is 8.14. The standard InChI is InChI=1S/C20H21N3O4S2/c1-13-2-4-15(5-3-13)29(25,26)27-17-10-18(24)23-12-16(28-19(23)22-17)14-6-9-21-20(11-14)7-8-20/h2-5,10,12,14,21H,6-9,11H2,1H3. The van der Waals surface area contributed by atoms with Crippen molar-refractivity contribution < 1.29 is 12.6 Å². The number of thiazole rings is 1. The molecule has 7 nitrogen and oxygen atoms in total. The Kier molecular flexibility index (Phi) is 4.30. The fourth-order valence-electron chi connectivity index (χ4n) is 3.93. The molecule has 1 saturated heterocycles. The minimum absolute atomic E-state index is 0.0291. The molecule has 1 aliphatic heterocycles. The molecular weight excluding hydrogens is 410 g/mol. The van der Waals surface area contributed by atoms with E-state index in [0.29, 0.717) is 10.9 Å². The normalized spacial score (nSPS) is 20.8. The molecule has 1 atom stereocenters. The van der Waals surface area contributed by atoms with Crippen LogP contribution in [-0.4, -0.2) is 29.9 Å². The van der Waals surface area contributed by atoms with Gasteiger partial charge < -0.3 is 9.50 Å². The topological polar surface area (TPSA) is 89.8 Å². The molecule has 1 aliphatic carbocycles. The van der Waals surface area contributed by atoms with Gasteiger partial charge in [-0.25, -0.2) is 0 Å². The van der Waals surface area contributed by atoms with Crippen LogP contribution in [0.5, 0.6) is 5.88 Å². The molecule has 2 aliphatic rings. The molecule has 2 aromatic heterocycles. The molecular formula is C20H21N3O4S2. The number of hydrogen-bond donors (Lipinski definition) is 1. The second-order valence-electron chi connectivity index (χ2n) is 7.97. The van der Waals surface area contributed by atoms with E-state index in [1.807, 2.05) is 13.1 Å². The zero-order valence-corrected chi connectivity index (χ0v) is 17.6. The maximum Gasteiger partial charge on any atom is 0.340 e. The largest absolute Gasteiger partial charge is 0.358 e. The van der Waals surface area contributed by atoms with Crippen LogP contribution in [0.15, 0.2) is 46.2 Å². The summed E-state index contributed by atoms with van der Waals surface area (Å²) in [5, 5.41) is 3.60. The van der Waals surface area contributed by atoms with Crippen LogP contribution in [0.1, 0.15) is 42.0 Å². The Hall–Kier alpha value is -2.23. The molecule has 1 aromatic carbocycles. The van der Waals surface area contributed by atoms with Crippen molar-refractivity contribution in [1.82, 2.24) is 14.7 Å². The summed E-state index contributed by atoms with van der Waals surface area (Å²) in [5.74, 6) is 0.193. The predicted molar refractivity (Wildman–Crippen MR) is 110 cm³/mol. The van der Waals surface area contributed by atoms with Gasteiger partial charge in [-0.3, -0.25) is 9.20 Å². The zero-order valence-electron chi connectivity index (χ0n) is 15.9. The average Bonchev–Trinajstić information content (AvgIpc) is 3.26. The van der Waals surface area contributed by atoms with Crippen LogP contribution in [0, 0.1) is 6.92 Å². The molecule has 1 unspecified atom stereocenters. The number of piperidine rings is 1. The van der Waals surface area contributed by atoms with Crippen molar-refractivity contribution in [3.8, 4) is 5.88 Å². The highest BCUT2D eigenvalue weighted by atomic mass is 32.2. The smallest absolute Gasteiger partial charge is 0.340 e. The Morgan fingerprint density at radius 3 is 2.76 bits per heavy atom. The van der Waals surface area contributed by atoms with E-state index in [-0.39, 0.29) is 21.9 Å². The Balaban J connectivity index is 1.45. The molecule has 3 heterocycles. The van der Waals surface area contributed by atoms with Gasteiger partial charge in [-0.1, -0.05) is 17.7 Å². The first kappa shape index (κ1) is 18.8. The van der Waals surface area contributed by atoms with Gasteiger partial charge in [0.05, 0.1) is 6.07 Å². The van der Waals surface area contributed by atoms with Crippen molar-refractivity contribution >= 4 is 26.4 Å². The van der Waals surface area contributed by atoms with E-state index in [1.165, 1.54) is 40.7 Å². The van der Waals surface area contributed by atoms with Crippen molar-refractivity contribution in [2.45, 2.75) is 49.0 Å². The quantitative estimate of drug-likeness (QED) is 0.639. The average molecular weight is 432 g/mol. The van der Waals surface area contributed by atoms with E-state index in [1.54, 1.807) is 12.1 Å². The van der Waals surface area contributed by atoms with Crippen LogP contribution in [0.25, 0.3) is 4.96 Å². The van der Waals surface area contributed by atoms with Gasteiger partial charge in [-0.15, -0.1) is 11.3 Å². The molecule has 1 saturated carbocycles. The number of hydrogen-bond acceptors (Lipinski definition) is 7. The fraction of sp³-hybridized carbons (Fsp3) is 0.400. The highest BCUT2D eigenvalue weighted by Gasteiger charge is 2.46. The molecule has 152 valence electrons. The molecule has 5 rings (SSSR count). The number of benzene rings is 1. The predicted octanol–water partition coefficient (Wildman–Crippen LogP) is 2.83. The van der Waals surface area contributed by atoms with Crippen molar-refractivity contribution in [2.75, 3.05) is 6.54 Å². The lowest BCUT2D eigenvalue weighted by Crippen LogP contribution is -2.39. The molecule has 0 amide bonds. The lowest BCUT2D eigenvalue weighted by molar-refractivity contribution is 0.348. The number of fused-ring (bicyclic) bond motifs is 1. The number of rotatable bonds is 4. The number of aromatic nitrogens is 2. The van der Waals surface area contributed by atoms with E-state index in [0.717, 1.165) is 35.9 Å². The van der Waals surface area contributed by atoms with Crippen molar-refractivity contribution in [3.63, 3.8) is 0 Å². The SMILES string of the molecule is Cc1ccc(S(=O)(=O)Oc2cc(=O)n3cc(C4CCNC5(CC5)C4)sc3n2)cc1. The Morgan fingerprint density at radius 1 is 1.28 bits per heavy atom. The minimum Gasteiger partial charge on any atom is -0.358 e. The van der Waals surface area contributed by atoms with E-state index in [9.17, 15) is 13.2 Å². The molecule has 9 heteroatoms. The first-order valence-corrected chi connectivity index (χ1v) is 11.9. The van der Waals surface area contributed by atoms with Gasteiger partial charge in [0, 0.05) is 16.6 Å². The van der Waals surface area contributed by atoms with Crippen LogP contribution in [0.3, 0.4) is 0 Å². The van der Waals surface area contributed by atoms with Gasteiger partial charge in [-0.05, 0) is 57.2 Å². The molecule has 1 N–H and O–H groups in total. The van der Waals surface area contributed by atoms with E-state index >= 15 is 0 Å². The molecule has 0 bridgehead atoms. The van der Waals surface area contributed by atoms with E-state index in [4.69, 9.17) is 4.18 Å². The Labute approximate surface area is 172 Å². The van der Waals surface area contributed by atoms with Gasteiger partial charge in [-0.2, -0.15) is 13.4 Å². The monoisotopic (exact) mass is 431 g/mol. The van der Waals surface area contributed by atoms with Crippen LogP contribution in [0.2, 0.25) is 0 Å². The maximum atomic E-state index is 12.5. The first-order valence-electron chi connectivity index (χ1n) is 9.63. The van der Waals surface area contributed by atoms with Gasteiger partial charge in [0.25, 0.3) is 5.56 Å². The lowest BCUT2D eigenvalue weighted by Gasteiger charge is -2.29. The van der Waals surface area contributed by atoms with Gasteiger partial charge in [0.2, 0.25) is 5.88 Å². The third-order valence-electron chi connectivity index (χ3n) is 5.75. The molecule has 29 heavy (non-hydrogen) atoms. The highest BCUT2D eigenvalue weighted by molar-refractivity contribution is 7.87. The summed E-state index contributed by atoms with van der Waals surface area (Å²) in [6, 6.07) is 7.46. The molecule has 3 aromatic rings. The Morgan fingerprint density at radius 2 is 2.03 bits per heavy atom. The highest BCUT2D eigenvalue weighted by Crippen LogP contribution is 2.47. The molecule has 1 spiro atoms. The van der Waals surface area contributed by atoms with Gasteiger partial charge in [0.1, 0.15) is 4.90 Å². The summed E-state index contributed by atoms with van der Waals surface area (Å²) < 4.78 is 31.7. The molecule has 0 radical (unpaired) electrons. The van der Waals surface area contributed by atoms with E-state index in [2.05, 4.69) is 10.3 Å². The number of aryl methyl sites for hydroxylation is 1. The molecule has 2 fully saturated rings. The van der Waals surface area contributed by atoms with Crippen LogP contribution < -0.4 is 15.1 Å². The summed E-state index contributed by atoms with van der Waals surface area (Å²) in [6.45, 7) is 2.85. The maximum absolute atomic E-state index is 12.5. The van der Waals surface area contributed by atoms with Crippen molar-refractivity contribution in [1.29, 1.82) is 0 Å². The van der Waals surface area contributed by atoms with Crippen LogP contribution in [0.4, 0.5) is 0 Å². The zero-order chi connectivity index (χ0) is 20.2. The van der Waals surface area contributed by atoms with E-state index < -0.39 is 10.1 Å². The second kappa shape index (κ2) is 6.65. The van der Waals surface area contributed by atoms with Crippen LogP contribution >= 0.6 is 11.3 Å². The van der Waals surface area contributed by atoms with Crippen molar-refractivity contribution in [3.05, 3.63) is 57.3 Å². The van der Waals surface area contributed by atoms with Crippen LogP contribution in [-0.2, 0) is 10.1 Å². The number of nitrogens with zero attached hydrogens (tertiary/aromatic N) is 2. The number of nitrogens with one attached hydrogen (secondary N) is 1. The third kappa shape index (κ3) is 3.58.